The lowest BCUT2D eigenvalue weighted by molar-refractivity contribution is 0.857. The first-order valence-electron chi connectivity index (χ1n) is 10.3. The first-order valence-corrected chi connectivity index (χ1v) is 10.3. The Morgan fingerprint density at radius 1 is 0.731 bits per heavy atom. The van der Waals surface area contributed by atoms with Gasteiger partial charge in [-0.2, -0.15) is 0 Å². The van der Waals surface area contributed by atoms with Crippen LogP contribution in [0.5, 0.6) is 0 Å². The molecule has 2 aromatic rings. The van der Waals surface area contributed by atoms with Crippen LogP contribution in [0.15, 0.2) is 54.6 Å². The van der Waals surface area contributed by atoms with Gasteiger partial charge in [0.2, 0.25) is 0 Å². The van der Waals surface area contributed by atoms with E-state index in [1.807, 2.05) is 27.7 Å². The first-order chi connectivity index (χ1) is 12.5. The van der Waals surface area contributed by atoms with Crippen LogP contribution in [0.25, 0.3) is 5.57 Å². The zero-order valence-electron chi connectivity index (χ0n) is 18.6. The lowest BCUT2D eigenvalue weighted by atomic mass is 9.97. The fourth-order valence-electron chi connectivity index (χ4n) is 2.89. The summed E-state index contributed by atoms with van der Waals surface area (Å²) in [5, 5.41) is 0. The Bertz CT molecular complexity index is 645. The molecule has 1 aliphatic rings. The minimum absolute atomic E-state index is 0.653. The third-order valence-electron chi connectivity index (χ3n) is 4.20. The zero-order valence-corrected chi connectivity index (χ0v) is 18.6. The standard InChI is InChI=1S/C12H14.C10H14.2C2H6/c1-9(2)11-8-7-10-5-3-4-6-12(10)11;1-8(2)10-6-4-5-9(3)7-10;2*1-2/h3-6,8-9H,7H2,1-2H3;4-8H,1-3H3;2*1-2H3. The van der Waals surface area contributed by atoms with Crippen LogP contribution >= 0.6 is 0 Å². The summed E-state index contributed by atoms with van der Waals surface area (Å²) in [7, 11) is 0. The zero-order chi connectivity index (χ0) is 20.1. The van der Waals surface area contributed by atoms with E-state index in [2.05, 4.69) is 89.2 Å². The van der Waals surface area contributed by atoms with E-state index in [-0.39, 0.29) is 0 Å². The Kier molecular flexibility index (Phi) is 12.5. The highest BCUT2D eigenvalue weighted by atomic mass is 14.2. The van der Waals surface area contributed by atoms with Crippen LogP contribution in [-0.4, -0.2) is 0 Å². The third-order valence-corrected chi connectivity index (χ3v) is 4.20. The van der Waals surface area contributed by atoms with Gasteiger partial charge in [-0.15, -0.1) is 0 Å². The number of aryl methyl sites for hydroxylation is 1. The van der Waals surface area contributed by atoms with Crippen molar-refractivity contribution in [2.45, 2.75) is 74.7 Å². The van der Waals surface area contributed by atoms with Crippen molar-refractivity contribution in [1.82, 2.24) is 0 Å². The molecule has 3 rings (SSSR count). The van der Waals surface area contributed by atoms with Crippen molar-refractivity contribution in [3.63, 3.8) is 0 Å². The van der Waals surface area contributed by atoms with Gasteiger partial charge < -0.3 is 0 Å². The number of hydrogen-bond acceptors (Lipinski definition) is 0. The Hall–Kier alpha value is -1.82. The molecule has 1 aliphatic carbocycles. The van der Waals surface area contributed by atoms with E-state index >= 15 is 0 Å². The van der Waals surface area contributed by atoms with Gasteiger partial charge in [-0.3, -0.25) is 0 Å². The van der Waals surface area contributed by atoms with Gasteiger partial charge in [0.1, 0.15) is 0 Å². The van der Waals surface area contributed by atoms with Crippen LogP contribution in [-0.2, 0) is 6.42 Å². The van der Waals surface area contributed by atoms with Gasteiger partial charge in [-0.1, -0.05) is 116 Å². The van der Waals surface area contributed by atoms with Crippen LogP contribution < -0.4 is 0 Å². The van der Waals surface area contributed by atoms with Crippen molar-refractivity contribution in [3.8, 4) is 0 Å². The molecule has 0 aliphatic heterocycles. The molecule has 0 fully saturated rings. The SMILES string of the molecule is CC.CC.CC(C)C1=CCc2ccccc21.Cc1cccc(C(C)C)c1. The summed E-state index contributed by atoms with van der Waals surface area (Å²) in [5.41, 5.74) is 7.26. The topological polar surface area (TPSA) is 0 Å². The van der Waals surface area contributed by atoms with E-state index in [1.54, 1.807) is 0 Å². The fraction of sp³-hybridized carbons (Fsp3) is 0.462. The molecule has 0 atom stereocenters. The van der Waals surface area contributed by atoms with Gasteiger partial charge in [0.15, 0.2) is 0 Å². The predicted molar refractivity (Wildman–Crippen MR) is 121 cm³/mol. The molecule has 0 heteroatoms. The Morgan fingerprint density at radius 2 is 1.35 bits per heavy atom. The van der Waals surface area contributed by atoms with Crippen molar-refractivity contribution in [2.24, 2.45) is 5.92 Å². The lowest BCUT2D eigenvalue weighted by Crippen LogP contribution is -1.90. The van der Waals surface area contributed by atoms with E-state index in [0.717, 1.165) is 6.42 Å². The smallest absolute Gasteiger partial charge is 0.00853 e. The Morgan fingerprint density at radius 3 is 1.85 bits per heavy atom. The molecular weight excluding hydrogens is 312 g/mol. The molecule has 0 N–H and O–H groups in total. The van der Waals surface area contributed by atoms with E-state index in [4.69, 9.17) is 0 Å². The quantitative estimate of drug-likeness (QED) is 0.508. The summed E-state index contributed by atoms with van der Waals surface area (Å²) in [6.45, 7) is 19.1. The summed E-state index contributed by atoms with van der Waals surface area (Å²) in [6, 6.07) is 17.4. The maximum Gasteiger partial charge on any atom is -0.00853 e. The highest BCUT2D eigenvalue weighted by molar-refractivity contribution is 5.73. The van der Waals surface area contributed by atoms with E-state index < -0.39 is 0 Å². The number of allylic oxidation sites excluding steroid dienone is 2. The second-order valence-electron chi connectivity index (χ2n) is 6.74. The number of fused-ring (bicyclic) bond motifs is 1. The van der Waals surface area contributed by atoms with Crippen LogP contribution in [0.4, 0.5) is 0 Å². The van der Waals surface area contributed by atoms with Gasteiger partial charge in [0.25, 0.3) is 0 Å². The van der Waals surface area contributed by atoms with Gasteiger partial charge in [-0.25, -0.2) is 0 Å². The van der Waals surface area contributed by atoms with Crippen LogP contribution in [0, 0.1) is 12.8 Å². The van der Waals surface area contributed by atoms with Crippen molar-refractivity contribution in [2.75, 3.05) is 0 Å². The second kappa shape index (κ2) is 13.4. The predicted octanol–water partition coefficient (Wildman–Crippen LogP) is 8.45. The molecule has 2 aromatic carbocycles. The minimum atomic E-state index is 0.653. The highest BCUT2D eigenvalue weighted by Crippen LogP contribution is 2.32. The van der Waals surface area contributed by atoms with Crippen molar-refractivity contribution >= 4 is 5.57 Å². The molecule has 144 valence electrons. The maximum absolute atomic E-state index is 2.36. The Labute approximate surface area is 163 Å². The number of hydrogen-bond donors (Lipinski definition) is 0. The molecule has 0 nitrogen and oxygen atoms in total. The molecule has 26 heavy (non-hydrogen) atoms. The van der Waals surface area contributed by atoms with Gasteiger partial charge in [-0.05, 0) is 47.4 Å². The molecule has 0 radical (unpaired) electrons. The molecule has 0 bridgehead atoms. The summed E-state index contributed by atoms with van der Waals surface area (Å²) in [5.74, 6) is 1.31. The molecule has 0 spiro atoms. The molecular formula is C26H40. The highest BCUT2D eigenvalue weighted by Gasteiger charge is 2.14. The molecule has 0 saturated carbocycles. The largest absolute Gasteiger partial charge is 0.0760 e. The summed E-state index contributed by atoms with van der Waals surface area (Å²) < 4.78 is 0. The van der Waals surface area contributed by atoms with Gasteiger partial charge >= 0.3 is 0 Å². The Balaban J connectivity index is 0.000000409. The van der Waals surface area contributed by atoms with Crippen molar-refractivity contribution < 1.29 is 0 Å². The van der Waals surface area contributed by atoms with Gasteiger partial charge in [0, 0.05) is 0 Å². The summed E-state index contributed by atoms with van der Waals surface area (Å²) >= 11 is 0. The van der Waals surface area contributed by atoms with Crippen LogP contribution in [0.3, 0.4) is 0 Å². The van der Waals surface area contributed by atoms with Crippen molar-refractivity contribution in [3.05, 3.63) is 76.9 Å². The monoisotopic (exact) mass is 352 g/mol. The van der Waals surface area contributed by atoms with Crippen LogP contribution in [0.1, 0.15) is 83.6 Å². The molecule has 0 saturated heterocycles. The third kappa shape index (κ3) is 7.60. The van der Waals surface area contributed by atoms with E-state index in [1.165, 1.54) is 27.8 Å². The second-order valence-corrected chi connectivity index (χ2v) is 6.74. The summed E-state index contributed by atoms with van der Waals surface area (Å²) in [4.78, 5) is 0. The maximum atomic E-state index is 2.36. The molecule has 0 heterocycles. The minimum Gasteiger partial charge on any atom is -0.0760 e. The van der Waals surface area contributed by atoms with Crippen molar-refractivity contribution in [1.29, 1.82) is 0 Å². The number of rotatable bonds is 2. The normalized spacial score (nSPS) is 11.3. The molecule has 0 aromatic heterocycles. The van der Waals surface area contributed by atoms with Gasteiger partial charge in [0.05, 0.1) is 0 Å². The first kappa shape index (κ1) is 24.2. The fourth-order valence-corrected chi connectivity index (χ4v) is 2.89. The molecule has 0 unspecified atom stereocenters. The summed E-state index contributed by atoms with van der Waals surface area (Å²) in [6.07, 6.45) is 3.49. The lowest BCUT2D eigenvalue weighted by Gasteiger charge is -2.08. The van der Waals surface area contributed by atoms with E-state index in [0.29, 0.717) is 11.8 Å². The average molecular weight is 353 g/mol. The van der Waals surface area contributed by atoms with E-state index in [9.17, 15) is 0 Å². The number of benzene rings is 2. The average Bonchev–Trinajstić information content (AvgIpc) is 3.10. The van der Waals surface area contributed by atoms with Crippen LogP contribution in [0.2, 0.25) is 0 Å². The molecule has 0 amide bonds.